The van der Waals surface area contributed by atoms with Gasteiger partial charge in [0.1, 0.15) is 5.15 Å². The van der Waals surface area contributed by atoms with Crippen LogP contribution in [0.3, 0.4) is 0 Å². The molecule has 0 aliphatic carbocycles. The molecule has 1 aliphatic heterocycles. The van der Waals surface area contributed by atoms with Crippen LogP contribution in [-0.2, 0) is 0 Å². The van der Waals surface area contributed by atoms with E-state index in [1.165, 1.54) is 11.1 Å². The van der Waals surface area contributed by atoms with Gasteiger partial charge in [0, 0.05) is 12.7 Å². The number of nitrogens with zero attached hydrogens (tertiary/aromatic N) is 1. The number of hydrogen-bond acceptors (Lipinski definition) is 2. The number of halogens is 2. The highest BCUT2D eigenvalue weighted by Crippen LogP contribution is 2.19. The van der Waals surface area contributed by atoms with E-state index in [9.17, 15) is 0 Å². The van der Waals surface area contributed by atoms with Crippen LogP contribution in [0.2, 0.25) is 5.15 Å². The average Bonchev–Trinajstić information content (AvgIpc) is 2.20. The lowest BCUT2D eigenvalue weighted by Crippen LogP contribution is -2.20. The summed E-state index contributed by atoms with van der Waals surface area (Å²) >= 11 is 5.71. The molecule has 76 valence electrons. The van der Waals surface area contributed by atoms with Crippen LogP contribution in [0.1, 0.15) is 12.0 Å². The van der Waals surface area contributed by atoms with Crippen molar-refractivity contribution in [3.05, 3.63) is 35.1 Å². The van der Waals surface area contributed by atoms with Crippen LogP contribution >= 0.6 is 24.0 Å². The van der Waals surface area contributed by atoms with Crippen molar-refractivity contribution >= 4 is 29.6 Å². The first-order valence-corrected chi connectivity index (χ1v) is 4.76. The second kappa shape index (κ2) is 5.35. The van der Waals surface area contributed by atoms with Crippen molar-refractivity contribution in [2.24, 2.45) is 0 Å². The first-order chi connectivity index (χ1) is 6.36. The van der Waals surface area contributed by atoms with Crippen LogP contribution in [0.4, 0.5) is 0 Å². The zero-order valence-electron chi connectivity index (χ0n) is 7.66. The van der Waals surface area contributed by atoms with Gasteiger partial charge in [-0.3, -0.25) is 0 Å². The number of nitrogens with one attached hydrogen (secondary N) is 1. The lowest BCUT2D eigenvalue weighted by Gasteiger charge is -2.13. The Hall–Kier alpha value is -0.570. The van der Waals surface area contributed by atoms with Gasteiger partial charge in [-0.1, -0.05) is 23.7 Å². The Kier molecular flexibility index (Phi) is 4.39. The first-order valence-electron chi connectivity index (χ1n) is 4.38. The Morgan fingerprint density at radius 2 is 2.21 bits per heavy atom. The lowest BCUT2D eigenvalue weighted by molar-refractivity contribution is 0.738. The average molecular weight is 231 g/mol. The monoisotopic (exact) mass is 230 g/mol. The van der Waals surface area contributed by atoms with Gasteiger partial charge in [0.25, 0.3) is 0 Å². The second-order valence-corrected chi connectivity index (χ2v) is 3.44. The summed E-state index contributed by atoms with van der Waals surface area (Å²) in [4.78, 5) is 4.06. The van der Waals surface area contributed by atoms with E-state index in [4.69, 9.17) is 11.6 Å². The van der Waals surface area contributed by atoms with Gasteiger partial charge >= 0.3 is 0 Å². The molecule has 1 aromatic heterocycles. The molecule has 2 rings (SSSR count). The molecule has 0 saturated carbocycles. The fraction of sp³-hybridized carbons (Fsp3) is 0.300. The number of rotatable bonds is 1. The predicted octanol–water partition coefficient (Wildman–Crippen LogP) is 2.53. The fourth-order valence-corrected chi connectivity index (χ4v) is 1.56. The third-order valence-corrected chi connectivity index (χ3v) is 2.39. The van der Waals surface area contributed by atoms with Crippen molar-refractivity contribution in [3.63, 3.8) is 0 Å². The summed E-state index contributed by atoms with van der Waals surface area (Å²) in [5.41, 5.74) is 2.55. The van der Waals surface area contributed by atoms with Gasteiger partial charge in [-0.15, -0.1) is 12.4 Å². The second-order valence-electron chi connectivity index (χ2n) is 3.05. The van der Waals surface area contributed by atoms with Crippen molar-refractivity contribution in [3.8, 4) is 0 Å². The normalized spacial score (nSPS) is 15.6. The van der Waals surface area contributed by atoms with Crippen LogP contribution in [0.25, 0.3) is 5.57 Å². The Morgan fingerprint density at radius 3 is 2.79 bits per heavy atom. The van der Waals surface area contributed by atoms with E-state index in [1.807, 2.05) is 18.3 Å². The molecule has 0 spiro atoms. The smallest absolute Gasteiger partial charge is 0.129 e. The summed E-state index contributed by atoms with van der Waals surface area (Å²) in [6.45, 7) is 2.01. The summed E-state index contributed by atoms with van der Waals surface area (Å²) in [6.07, 6.45) is 5.11. The zero-order valence-corrected chi connectivity index (χ0v) is 9.24. The summed E-state index contributed by atoms with van der Waals surface area (Å²) in [5, 5.41) is 3.83. The van der Waals surface area contributed by atoms with Crippen LogP contribution in [0.5, 0.6) is 0 Å². The lowest BCUT2D eigenvalue weighted by atomic mass is 10.0. The molecule has 0 bridgehead atoms. The third-order valence-electron chi connectivity index (χ3n) is 2.16. The van der Waals surface area contributed by atoms with Crippen molar-refractivity contribution in [1.29, 1.82) is 0 Å². The molecule has 1 N–H and O–H groups in total. The van der Waals surface area contributed by atoms with Gasteiger partial charge in [-0.2, -0.15) is 0 Å². The van der Waals surface area contributed by atoms with Gasteiger partial charge in [-0.25, -0.2) is 4.98 Å². The van der Waals surface area contributed by atoms with E-state index in [0.717, 1.165) is 19.5 Å². The number of pyridine rings is 1. The van der Waals surface area contributed by atoms with Crippen molar-refractivity contribution in [1.82, 2.24) is 10.3 Å². The highest BCUT2D eigenvalue weighted by molar-refractivity contribution is 6.29. The Balaban J connectivity index is 0.000000980. The summed E-state index contributed by atoms with van der Waals surface area (Å²) in [7, 11) is 0. The van der Waals surface area contributed by atoms with E-state index < -0.39 is 0 Å². The molecule has 0 fully saturated rings. The topological polar surface area (TPSA) is 24.9 Å². The van der Waals surface area contributed by atoms with Gasteiger partial charge in [-0.05, 0) is 30.2 Å². The van der Waals surface area contributed by atoms with Gasteiger partial charge in [0.05, 0.1) is 0 Å². The Bertz CT molecular complexity index is 319. The molecule has 0 radical (unpaired) electrons. The molecule has 0 saturated heterocycles. The molecule has 1 aromatic rings. The van der Waals surface area contributed by atoms with E-state index in [-0.39, 0.29) is 12.4 Å². The fourth-order valence-electron chi connectivity index (χ4n) is 1.45. The maximum absolute atomic E-state index is 5.71. The Labute approximate surface area is 94.8 Å². The number of aromatic nitrogens is 1. The number of hydrogen-bond donors (Lipinski definition) is 1. The molecule has 4 heteroatoms. The highest BCUT2D eigenvalue weighted by atomic mass is 35.5. The minimum atomic E-state index is 0. The van der Waals surface area contributed by atoms with E-state index >= 15 is 0 Å². The van der Waals surface area contributed by atoms with E-state index in [1.54, 1.807) is 0 Å². The van der Waals surface area contributed by atoms with Gasteiger partial charge in [0.15, 0.2) is 0 Å². The third kappa shape index (κ3) is 2.71. The first kappa shape index (κ1) is 11.5. The molecule has 14 heavy (non-hydrogen) atoms. The zero-order chi connectivity index (χ0) is 9.10. The molecule has 0 aromatic carbocycles. The largest absolute Gasteiger partial charge is 0.313 e. The summed E-state index contributed by atoms with van der Waals surface area (Å²) in [6, 6.07) is 3.85. The predicted molar refractivity (Wildman–Crippen MR) is 62.0 cm³/mol. The Morgan fingerprint density at radius 1 is 1.36 bits per heavy atom. The minimum Gasteiger partial charge on any atom is -0.313 e. The molecule has 2 heterocycles. The standard InChI is InChI=1S/C10H11ClN2.ClH/c11-10-2-1-9(7-13-10)8-3-5-12-6-4-8;/h1-3,7,12H,4-6H2;1H. The van der Waals surface area contributed by atoms with Crippen LogP contribution < -0.4 is 5.32 Å². The molecule has 0 amide bonds. The molecule has 0 atom stereocenters. The molecule has 1 aliphatic rings. The highest BCUT2D eigenvalue weighted by Gasteiger charge is 2.05. The maximum atomic E-state index is 5.71. The van der Waals surface area contributed by atoms with Crippen molar-refractivity contribution in [2.45, 2.75) is 6.42 Å². The van der Waals surface area contributed by atoms with Gasteiger partial charge in [0.2, 0.25) is 0 Å². The van der Waals surface area contributed by atoms with Crippen molar-refractivity contribution in [2.75, 3.05) is 13.1 Å². The van der Waals surface area contributed by atoms with Gasteiger partial charge < -0.3 is 5.32 Å². The van der Waals surface area contributed by atoms with Crippen LogP contribution in [0.15, 0.2) is 24.4 Å². The van der Waals surface area contributed by atoms with E-state index in [0.29, 0.717) is 5.15 Å². The molecular formula is C10H12Cl2N2. The van der Waals surface area contributed by atoms with Crippen LogP contribution in [0, 0.1) is 0 Å². The van der Waals surface area contributed by atoms with Crippen LogP contribution in [-0.4, -0.2) is 18.1 Å². The molecule has 0 unspecified atom stereocenters. The molecule has 2 nitrogen and oxygen atoms in total. The molecular weight excluding hydrogens is 219 g/mol. The summed E-state index contributed by atoms with van der Waals surface area (Å²) in [5.74, 6) is 0. The maximum Gasteiger partial charge on any atom is 0.129 e. The summed E-state index contributed by atoms with van der Waals surface area (Å²) < 4.78 is 0. The minimum absolute atomic E-state index is 0. The quantitative estimate of drug-likeness (QED) is 0.751. The van der Waals surface area contributed by atoms with Crippen molar-refractivity contribution < 1.29 is 0 Å². The van der Waals surface area contributed by atoms with E-state index in [2.05, 4.69) is 16.4 Å². The SMILES string of the molecule is Cl.Clc1ccc(C2=CCNCC2)cn1.